The van der Waals surface area contributed by atoms with E-state index in [4.69, 9.17) is 0 Å². The number of nitrogens with zero attached hydrogens (tertiary/aromatic N) is 1. The number of carbonyl (C=O) groups is 3. The van der Waals surface area contributed by atoms with Crippen LogP contribution in [0.5, 0.6) is 0 Å². The minimum atomic E-state index is -0.579. The van der Waals surface area contributed by atoms with E-state index in [0.29, 0.717) is 25.1 Å². The number of rotatable bonds is 5. The molecule has 0 aliphatic carbocycles. The number of carbonyl (C=O) groups excluding carboxylic acids is 3. The Morgan fingerprint density at radius 2 is 1.82 bits per heavy atom. The zero-order valence-corrected chi connectivity index (χ0v) is 15.6. The molecule has 0 aromatic heterocycles. The lowest BCUT2D eigenvalue weighted by Crippen LogP contribution is -2.52. The molecule has 3 amide bonds. The molecule has 1 saturated heterocycles. The Kier molecular flexibility index (Phi) is 4.73. The number of hydrogen-bond donors (Lipinski definition) is 3. The van der Waals surface area contributed by atoms with E-state index in [1.54, 1.807) is 4.90 Å². The summed E-state index contributed by atoms with van der Waals surface area (Å²) in [6.45, 7) is 1.03. The Hall–Kier alpha value is -3.35. The fourth-order valence-corrected chi connectivity index (χ4v) is 3.70. The maximum atomic E-state index is 12.7. The third-order valence-electron chi connectivity index (χ3n) is 5.26. The highest BCUT2D eigenvalue weighted by Gasteiger charge is 2.38. The van der Waals surface area contributed by atoms with Crippen LogP contribution < -0.4 is 16.0 Å². The Morgan fingerprint density at radius 3 is 2.54 bits per heavy atom. The first kappa shape index (κ1) is 18.0. The van der Waals surface area contributed by atoms with Gasteiger partial charge in [-0.3, -0.25) is 19.7 Å². The Morgan fingerprint density at radius 1 is 1.07 bits per heavy atom. The maximum absolute atomic E-state index is 12.7. The molecule has 2 aliphatic rings. The van der Waals surface area contributed by atoms with Gasteiger partial charge in [0.1, 0.15) is 6.04 Å². The van der Waals surface area contributed by atoms with Gasteiger partial charge in [0.15, 0.2) is 0 Å². The summed E-state index contributed by atoms with van der Waals surface area (Å²) in [4.78, 5) is 37.8. The Labute approximate surface area is 163 Å². The number of fused-ring (bicyclic) bond motifs is 1. The second-order valence-corrected chi connectivity index (χ2v) is 7.07. The van der Waals surface area contributed by atoms with Crippen LogP contribution in [-0.2, 0) is 22.7 Å². The molecule has 1 atom stereocenters. The lowest BCUT2D eigenvalue weighted by atomic mass is 10.0. The van der Waals surface area contributed by atoms with Crippen molar-refractivity contribution >= 4 is 29.1 Å². The quantitative estimate of drug-likeness (QED) is 0.693. The van der Waals surface area contributed by atoms with E-state index < -0.39 is 6.04 Å². The van der Waals surface area contributed by atoms with Crippen molar-refractivity contribution in [3.05, 3.63) is 59.2 Å². The molecular weight excluding hydrogens is 356 g/mol. The first-order valence-corrected chi connectivity index (χ1v) is 9.33. The summed E-state index contributed by atoms with van der Waals surface area (Å²) in [6.07, 6.45) is 0.638. The SMILES string of the molecule is CNc1ccc(NCc2ccc3c(c2)CN(C2CCC(=O)NC2=O)C3=O)cc1. The molecule has 1 unspecified atom stereocenters. The van der Waals surface area contributed by atoms with E-state index in [1.807, 2.05) is 49.5 Å². The van der Waals surface area contributed by atoms with Gasteiger partial charge in [-0.15, -0.1) is 0 Å². The highest BCUT2D eigenvalue weighted by atomic mass is 16.2. The number of amides is 3. The molecule has 4 rings (SSSR count). The van der Waals surface area contributed by atoms with Gasteiger partial charge in [-0.1, -0.05) is 12.1 Å². The van der Waals surface area contributed by atoms with Gasteiger partial charge < -0.3 is 15.5 Å². The normalized spacial score (nSPS) is 18.7. The van der Waals surface area contributed by atoms with E-state index in [9.17, 15) is 14.4 Å². The van der Waals surface area contributed by atoms with Gasteiger partial charge in [-0.25, -0.2) is 0 Å². The van der Waals surface area contributed by atoms with Gasteiger partial charge in [-0.2, -0.15) is 0 Å². The number of anilines is 2. The molecule has 2 aromatic rings. The molecule has 0 saturated carbocycles. The first-order chi connectivity index (χ1) is 13.5. The Bertz CT molecular complexity index is 939. The lowest BCUT2D eigenvalue weighted by Gasteiger charge is -2.29. The molecule has 0 bridgehead atoms. The van der Waals surface area contributed by atoms with Crippen molar-refractivity contribution in [1.29, 1.82) is 0 Å². The molecule has 2 aromatic carbocycles. The molecule has 2 aliphatic heterocycles. The highest BCUT2D eigenvalue weighted by Crippen LogP contribution is 2.28. The summed E-state index contributed by atoms with van der Waals surface area (Å²) in [5, 5.41) is 8.78. The number of benzene rings is 2. The first-order valence-electron chi connectivity index (χ1n) is 9.33. The zero-order chi connectivity index (χ0) is 19.7. The van der Waals surface area contributed by atoms with Crippen molar-refractivity contribution < 1.29 is 14.4 Å². The molecule has 7 nitrogen and oxygen atoms in total. The molecule has 2 heterocycles. The van der Waals surface area contributed by atoms with Gasteiger partial charge >= 0.3 is 0 Å². The fraction of sp³-hybridized carbons (Fsp3) is 0.286. The van der Waals surface area contributed by atoms with Crippen molar-refractivity contribution in [1.82, 2.24) is 10.2 Å². The highest BCUT2D eigenvalue weighted by molar-refractivity contribution is 6.05. The van der Waals surface area contributed by atoms with Crippen LogP contribution in [0.25, 0.3) is 0 Å². The van der Waals surface area contributed by atoms with Crippen LogP contribution in [-0.4, -0.2) is 35.7 Å². The summed E-state index contributed by atoms with van der Waals surface area (Å²) >= 11 is 0. The van der Waals surface area contributed by atoms with Crippen LogP contribution in [0.15, 0.2) is 42.5 Å². The van der Waals surface area contributed by atoms with E-state index in [1.165, 1.54) is 0 Å². The molecule has 28 heavy (non-hydrogen) atoms. The van der Waals surface area contributed by atoms with Gasteiger partial charge in [0.25, 0.3) is 5.91 Å². The van der Waals surface area contributed by atoms with Crippen LogP contribution in [0.3, 0.4) is 0 Å². The molecule has 3 N–H and O–H groups in total. The molecule has 7 heteroatoms. The summed E-state index contributed by atoms with van der Waals surface area (Å²) in [5.41, 5.74) is 4.68. The molecule has 1 fully saturated rings. The van der Waals surface area contributed by atoms with Gasteiger partial charge in [0.05, 0.1) is 0 Å². The van der Waals surface area contributed by atoms with Crippen LogP contribution >= 0.6 is 0 Å². The molecular formula is C21H22N4O3. The van der Waals surface area contributed by atoms with Crippen LogP contribution in [0.4, 0.5) is 11.4 Å². The standard InChI is InChI=1S/C21H22N4O3/c1-22-15-3-5-16(6-4-15)23-11-13-2-7-17-14(10-13)12-25(21(17)28)18-8-9-19(26)24-20(18)27/h2-7,10,18,22-23H,8-9,11-12H2,1H3,(H,24,26,27). The Balaban J connectivity index is 1.44. The van der Waals surface area contributed by atoms with Gasteiger partial charge in [0, 0.05) is 43.5 Å². The third-order valence-corrected chi connectivity index (χ3v) is 5.26. The molecule has 0 radical (unpaired) electrons. The minimum absolute atomic E-state index is 0.147. The predicted molar refractivity (Wildman–Crippen MR) is 106 cm³/mol. The third kappa shape index (κ3) is 3.43. The van der Waals surface area contributed by atoms with Gasteiger partial charge in [0.2, 0.25) is 11.8 Å². The number of piperidine rings is 1. The largest absolute Gasteiger partial charge is 0.388 e. The second-order valence-electron chi connectivity index (χ2n) is 7.07. The monoisotopic (exact) mass is 378 g/mol. The predicted octanol–water partition coefficient (Wildman–Crippen LogP) is 2.10. The topological polar surface area (TPSA) is 90.5 Å². The van der Waals surface area contributed by atoms with Crippen LogP contribution in [0.2, 0.25) is 0 Å². The average molecular weight is 378 g/mol. The van der Waals surface area contributed by atoms with Crippen LogP contribution in [0.1, 0.15) is 34.3 Å². The van der Waals surface area contributed by atoms with Crippen molar-refractivity contribution in [2.24, 2.45) is 0 Å². The average Bonchev–Trinajstić information content (AvgIpc) is 3.02. The van der Waals surface area contributed by atoms with E-state index in [2.05, 4.69) is 16.0 Å². The summed E-state index contributed by atoms with van der Waals surface area (Å²) in [5.74, 6) is -0.808. The lowest BCUT2D eigenvalue weighted by molar-refractivity contribution is -0.136. The van der Waals surface area contributed by atoms with Crippen molar-refractivity contribution in [2.75, 3.05) is 17.7 Å². The molecule has 0 spiro atoms. The van der Waals surface area contributed by atoms with Gasteiger partial charge in [-0.05, 0) is 47.9 Å². The second kappa shape index (κ2) is 7.34. The van der Waals surface area contributed by atoms with E-state index >= 15 is 0 Å². The summed E-state index contributed by atoms with van der Waals surface area (Å²) < 4.78 is 0. The number of hydrogen-bond acceptors (Lipinski definition) is 5. The van der Waals surface area contributed by atoms with Crippen molar-refractivity contribution in [2.45, 2.75) is 32.0 Å². The van der Waals surface area contributed by atoms with E-state index in [-0.39, 0.29) is 24.1 Å². The van der Waals surface area contributed by atoms with Crippen LogP contribution in [0, 0.1) is 0 Å². The van der Waals surface area contributed by atoms with Crippen molar-refractivity contribution in [3.63, 3.8) is 0 Å². The smallest absolute Gasteiger partial charge is 0.255 e. The number of nitrogens with one attached hydrogen (secondary N) is 3. The molecule has 144 valence electrons. The zero-order valence-electron chi connectivity index (χ0n) is 15.6. The summed E-state index contributed by atoms with van der Waals surface area (Å²) in [6, 6.07) is 13.2. The maximum Gasteiger partial charge on any atom is 0.255 e. The fourth-order valence-electron chi connectivity index (χ4n) is 3.70. The van der Waals surface area contributed by atoms with Crippen molar-refractivity contribution in [3.8, 4) is 0 Å². The van der Waals surface area contributed by atoms with E-state index in [0.717, 1.165) is 22.5 Å². The minimum Gasteiger partial charge on any atom is -0.388 e. The number of imide groups is 1. The summed E-state index contributed by atoms with van der Waals surface area (Å²) in [7, 11) is 1.88.